The van der Waals surface area contributed by atoms with Gasteiger partial charge >= 0.3 is 0 Å². The van der Waals surface area contributed by atoms with E-state index in [4.69, 9.17) is 34.8 Å². The fraction of sp³-hybridized carbons (Fsp3) is 0.286. The molecule has 0 aliphatic rings. The van der Waals surface area contributed by atoms with Crippen LogP contribution >= 0.6 is 34.8 Å². The van der Waals surface area contributed by atoms with E-state index < -0.39 is 28.5 Å². The monoisotopic (exact) mass is 609 g/mol. The number of aryl methyl sites for hydroxylation is 1. The van der Waals surface area contributed by atoms with Crippen LogP contribution in [0.3, 0.4) is 0 Å². The lowest BCUT2D eigenvalue weighted by atomic mass is 10.1. The number of hydrogen-bond donors (Lipinski definition) is 1. The van der Waals surface area contributed by atoms with Gasteiger partial charge in [-0.15, -0.1) is 0 Å². The van der Waals surface area contributed by atoms with Gasteiger partial charge in [0.25, 0.3) is 10.0 Å². The highest BCUT2D eigenvalue weighted by Gasteiger charge is 2.33. The molecular weight excluding hydrogens is 581 g/mol. The van der Waals surface area contributed by atoms with Crippen molar-refractivity contribution < 1.29 is 18.0 Å². The van der Waals surface area contributed by atoms with Crippen LogP contribution in [0.1, 0.15) is 31.4 Å². The SMILES string of the molecule is CCNC(=O)[C@@H](CC)N(Cc1ccc(Cl)c(Cl)c1)C(=O)CN(c1cccc(Cl)c1)S(=O)(=O)c1ccc(C)cc1. The lowest BCUT2D eigenvalue weighted by Crippen LogP contribution is -2.52. The summed E-state index contributed by atoms with van der Waals surface area (Å²) in [7, 11) is -4.18. The lowest BCUT2D eigenvalue weighted by Gasteiger charge is -2.33. The molecule has 208 valence electrons. The Morgan fingerprint density at radius 1 is 0.923 bits per heavy atom. The van der Waals surface area contributed by atoms with Gasteiger partial charge in [0.15, 0.2) is 0 Å². The number of hydrogen-bond acceptors (Lipinski definition) is 4. The minimum atomic E-state index is -4.18. The fourth-order valence-corrected chi connectivity index (χ4v) is 5.95. The van der Waals surface area contributed by atoms with Gasteiger partial charge in [0.05, 0.1) is 20.6 Å². The predicted molar refractivity (Wildman–Crippen MR) is 157 cm³/mol. The Balaban J connectivity index is 2.07. The second kappa shape index (κ2) is 13.5. The van der Waals surface area contributed by atoms with Gasteiger partial charge in [-0.1, -0.05) is 71.6 Å². The van der Waals surface area contributed by atoms with Crippen LogP contribution in [0.25, 0.3) is 0 Å². The maximum absolute atomic E-state index is 14.0. The maximum atomic E-state index is 14.0. The summed E-state index contributed by atoms with van der Waals surface area (Å²) < 4.78 is 28.7. The molecule has 3 aromatic carbocycles. The number of likely N-dealkylation sites (N-methyl/N-ethyl adjacent to an activating group) is 1. The predicted octanol–water partition coefficient (Wildman–Crippen LogP) is 6.09. The summed E-state index contributed by atoms with van der Waals surface area (Å²) in [4.78, 5) is 28.3. The lowest BCUT2D eigenvalue weighted by molar-refractivity contribution is -0.140. The Morgan fingerprint density at radius 3 is 2.21 bits per heavy atom. The Bertz CT molecular complexity index is 1430. The summed E-state index contributed by atoms with van der Waals surface area (Å²) in [5.74, 6) is -0.918. The summed E-state index contributed by atoms with van der Waals surface area (Å²) in [5.41, 5.74) is 1.74. The summed E-state index contributed by atoms with van der Waals surface area (Å²) in [6.07, 6.45) is 0.306. The Kier molecular flexibility index (Phi) is 10.7. The molecule has 2 amide bonds. The quantitative estimate of drug-likeness (QED) is 0.285. The average Bonchev–Trinajstić information content (AvgIpc) is 2.89. The molecule has 1 atom stereocenters. The van der Waals surface area contributed by atoms with Gasteiger partial charge in [-0.05, 0) is 68.3 Å². The van der Waals surface area contributed by atoms with Crippen molar-refractivity contribution in [1.82, 2.24) is 10.2 Å². The minimum absolute atomic E-state index is 0.0132. The van der Waals surface area contributed by atoms with Gasteiger partial charge in [-0.2, -0.15) is 0 Å². The van der Waals surface area contributed by atoms with E-state index >= 15 is 0 Å². The van der Waals surface area contributed by atoms with Crippen molar-refractivity contribution in [2.24, 2.45) is 0 Å². The third-order valence-corrected chi connectivity index (χ3v) is 8.82. The first-order valence-electron chi connectivity index (χ1n) is 12.3. The number of amides is 2. The number of rotatable bonds is 11. The van der Waals surface area contributed by atoms with Crippen molar-refractivity contribution in [1.29, 1.82) is 0 Å². The van der Waals surface area contributed by atoms with Gasteiger partial charge in [-0.25, -0.2) is 8.42 Å². The van der Waals surface area contributed by atoms with E-state index in [9.17, 15) is 18.0 Å². The molecule has 0 spiro atoms. The third kappa shape index (κ3) is 7.66. The zero-order valence-corrected chi connectivity index (χ0v) is 24.9. The average molecular weight is 611 g/mol. The summed E-state index contributed by atoms with van der Waals surface area (Å²) in [6, 6.07) is 16.7. The van der Waals surface area contributed by atoms with E-state index in [1.165, 1.54) is 23.1 Å². The maximum Gasteiger partial charge on any atom is 0.264 e. The smallest absolute Gasteiger partial charge is 0.264 e. The van der Waals surface area contributed by atoms with Crippen molar-refractivity contribution in [3.63, 3.8) is 0 Å². The molecule has 3 aromatic rings. The van der Waals surface area contributed by atoms with Gasteiger partial charge < -0.3 is 10.2 Å². The van der Waals surface area contributed by atoms with Crippen LogP contribution in [0.4, 0.5) is 5.69 Å². The van der Waals surface area contributed by atoms with Gasteiger partial charge in [0.1, 0.15) is 12.6 Å². The molecule has 0 radical (unpaired) electrons. The first-order chi connectivity index (χ1) is 18.5. The number of halogens is 3. The highest BCUT2D eigenvalue weighted by molar-refractivity contribution is 7.92. The van der Waals surface area contributed by atoms with E-state index in [2.05, 4.69) is 5.32 Å². The highest BCUT2D eigenvalue weighted by atomic mass is 35.5. The fourth-order valence-electron chi connectivity index (χ4n) is 4.04. The van der Waals surface area contributed by atoms with Crippen LogP contribution in [0.2, 0.25) is 15.1 Å². The molecule has 0 saturated carbocycles. The van der Waals surface area contributed by atoms with Crippen molar-refractivity contribution >= 4 is 62.3 Å². The number of sulfonamides is 1. The van der Waals surface area contributed by atoms with Crippen LogP contribution < -0.4 is 9.62 Å². The number of anilines is 1. The summed E-state index contributed by atoms with van der Waals surface area (Å²) >= 11 is 18.5. The van der Waals surface area contributed by atoms with E-state index in [-0.39, 0.29) is 23.0 Å². The molecule has 0 fully saturated rings. The zero-order valence-electron chi connectivity index (χ0n) is 21.8. The molecule has 3 rings (SSSR count). The Labute approximate surface area is 244 Å². The molecule has 11 heteroatoms. The molecule has 0 heterocycles. The number of carbonyl (C=O) groups is 2. The second-order valence-electron chi connectivity index (χ2n) is 8.89. The van der Waals surface area contributed by atoms with E-state index in [1.807, 2.05) is 6.92 Å². The number of carbonyl (C=O) groups excluding carboxylic acids is 2. The molecule has 7 nitrogen and oxygen atoms in total. The molecule has 0 aromatic heterocycles. The molecule has 0 unspecified atom stereocenters. The molecule has 0 aliphatic carbocycles. The van der Waals surface area contributed by atoms with Crippen molar-refractivity contribution in [3.8, 4) is 0 Å². The van der Waals surface area contributed by atoms with Crippen molar-refractivity contribution in [2.45, 2.75) is 44.7 Å². The number of nitrogens with one attached hydrogen (secondary N) is 1. The Hall–Kier alpha value is -2.78. The highest BCUT2D eigenvalue weighted by Crippen LogP contribution is 2.28. The van der Waals surface area contributed by atoms with Gasteiger partial charge in [-0.3, -0.25) is 13.9 Å². The molecule has 0 saturated heterocycles. The third-order valence-electron chi connectivity index (χ3n) is 6.06. The first-order valence-corrected chi connectivity index (χ1v) is 14.9. The van der Waals surface area contributed by atoms with Gasteiger partial charge in [0, 0.05) is 18.1 Å². The van der Waals surface area contributed by atoms with Crippen LogP contribution in [0, 0.1) is 6.92 Å². The molecule has 0 bridgehead atoms. The standard InChI is InChI=1S/C28H30Cl3N3O4S/c1-4-26(28(36)32-5-2)33(17-20-11-14-24(30)25(31)15-20)27(35)18-34(22-8-6-7-21(29)16-22)39(37,38)23-12-9-19(3)10-13-23/h6-16,26H,4-5,17-18H2,1-3H3,(H,32,36)/t26-/m1/s1. The van der Waals surface area contributed by atoms with Crippen LogP contribution in [0.15, 0.2) is 71.6 Å². The largest absolute Gasteiger partial charge is 0.355 e. The normalized spacial score (nSPS) is 12.1. The summed E-state index contributed by atoms with van der Waals surface area (Å²) in [5, 5.41) is 3.73. The van der Waals surface area contributed by atoms with Crippen LogP contribution in [0.5, 0.6) is 0 Å². The molecular formula is C28H30Cl3N3O4S. The van der Waals surface area contributed by atoms with Crippen molar-refractivity contribution in [3.05, 3.63) is 92.9 Å². The molecule has 0 aliphatic heterocycles. The minimum Gasteiger partial charge on any atom is -0.355 e. The van der Waals surface area contributed by atoms with Gasteiger partial charge in [0.2, 0.25) is 11.8 Å². The van der Waals surface area contributed by atoms with Crippen LogP contribution in [-0.4, -0.2) is 44.3 Å². The molecule has 39 heavy (non-hydrogen) atoms. The van der Waals surface area contributed by atoms with Crippen LogP contribution in [-0.2, 0) is 26.2 Å². The van der Waals surface area contributed by atoms with Crippen molar-refractivity contribution in [2.75, 3.05) is 17.4 Å². The van der Waals surface area contributed by atoms with E-state index in [0.717, 1.165) is 9.87 Å². The number of nitrogens with zero attached hydrogens (tertiary/aromatic N) is 2. The first kappa shape index (κ1) is 30.8. The Morgan fingerprint density at radius 2 is 1.62 bits per heavy atom. The zero-order chi connectivity index (χ0) is 28.7. The molecule has 1 N–H and O–H groups in total. The number of benzene rings is 3. The van der Waals surface area contributed by atoms with E-state index in [1.54, 1.807) is 62.4 Å². The summed E-state index contributed by atoms with van der Waals surface area (Å²) in [6.45, 7) is 5.24. The van der Waals surface area contributed by atoms with E-state index in [0.29, 0.717) is 33.6 Å². The second-order valence-corrected chi connectivity index (χ2v) is 12.0. The topological polar surface area (TPSA) is 86.8 Å².